The van der Waals surface area contributed by atoms with E-state index in [9.17, 15) is 10.2 Å². The first kappa shape index (κ1) is 17.9. The predicted octanol–water partition coefficient (Wildman–Crippen LogP) is 3.24. The highest BCUT2D eigenvalue weighted by Crippen LogP contribution is 2.31. The van der Waals surface area contributed by atoms with Crippen molar-refractivity contribution in [2.24, 2.45) is 5.92 Å². The van der Waals surface area contributed by atoms with Crippen molar-refractivity contribution in [3.8, 4) is 0 Å². The Bertz CT molecular complexity index is 254. The highest BCUT2D eigenvalue weighted by Gasteiger charge is 2.30. The summed E-state index contributed by atoms with van der Waals surface area (Å²) in [5.41, 5.74) is -0.889. The maximum absolute atomic E-state index is 10.2. The zero-order valence-electron chi connectivity index (χ0n) is 13.7. The molecular formula is C17H35NO2. The topological polar surface area (TPSA) is 52.5 Å². The number of nitrogens with one attached hydrogen (secondary N) is 1. The van der Waals surface area contributed by atoms with Crippen LogP contribution < -0.4 is 5.32 Å². The molecule has 3 heteroatoms. The van der Waals surface area contributed by atoms with E-state index in [1.165, 1.54) is 25.7 Å². The fourth-order valence-electron chi connectivity index (χ4n) is 3.11. The molecule has 0 heterocycles. The summed E-state index contributed by atoms with van der Waals surface area (Å²) in [5, 5.41) is 23.4. The monoisotopic (exact) mass is 285 g/mol. The van der Waals surface area contributed by atoms with Gasteiger partial charge in [-0.15, -0.1) is 0 Å². The van der Waals surface area contributed by atoms with Crippen LogP contribution in [0.3, 0.4) is 0 Å². The third-order valence-electron chi connectivity index (χ3n) is 4.60. The first-order valence-corrected chi connectivity index (χ1v) is 8.46. The van der Waals surface area contributed by atoms with Crippen molar-refractivity contribution in [2.75, 3.05) is 13.1 Å². The van der Waals surface area contributed by atoms with Crippen molar-refractivity contribution < 1.29 is 10.2 Å². The minimum atomic E-state index is -0.519. The number of rotatable bonds is 10. The molecule has 0 bridgehead atoms. The summed E-state index contributed by atoms with van der Waals surface area (Å²) in [4.78, 5) is 0. The van der Waals surface area contributed by atoms with Gasteiger partial charge in [0.1, 0.15) is 0 Å². The van der Waals surface area contributed by atoms with E-state index in [2.05, 4.69) is 12.2 Å². The molecule has 1 rings (SSSR count). The van der Waals surface area contributed by atoms with Gasteiger partial charge < -0.3 is 15.5 Å². The Morgan fingerprint density at radius 3 is 2.40 bits per heavy atom. The molecule has 0 saturated heterocycles. The maximum Gasteiger partial charge on any atom is 0.0659 e. The van der Waals surface area contributed by atoms with Gasteiger partial charge in [-0.05, 0) is 65.0 Å². The van der Waals surface area contributed by atoms with Crippen LogP contribution in [-0.4, -0.2) is 34.5 Å². The minimum absolute atomic E-state index is 0.370. The molecule has 0 aromatic heterocycles. The van der Waals surface area contributed by atoms with Crippen LogP contribution in [0.2, 0.25) is 0 Å². The highest BCUT2D eigenvalue weighted by atomic mass is 16.3. The molecule has 0 amide bonds. The van der Waals surface area contributed by atoms with E-state index in [4.69, 9.17) is 0 Å². The van der Waals surface area contributed by atoms with Gasteiger partial charge in [-0.25, -0.2) is 0 Å². The van der Waals surface area contributed by atoms with Crippen LogP contribution in [0.4, 0.5) is 0 Å². The summed E-state index contributed by atoms with van der Waals surface area (Å²) >= 11 is 0. The van der Waals surface area contributed by atoms with Crippen LogP contribution in [0.15, 0.2) is 0 Å². The zero-order chi connectivity index (χ0) is 15.1. The van der Waals surface area contributed by atoms with Gasteiger partial charge in [0.15, 0.2) is 0 Å². The van der Waals surface area contributed by atoms with Crippen LogP contribution in [0.25, 0.3) is 0 Å². The molecule has 1 atom stereocenters. The standard InChI is InChI=1S/C17H35NO2/c1-15(7-6-9-16(2,3)19)8-13-18-14-12-17(20)10-4-5-11-17/h15,18-20H,4-14H2,1-3H3. The third kappa shape index (κ3) is 8.23. The Morgan fingerprint density at radius 1 is 1.15 bits per heavy atom. The lowest BCUT2D eigenvalue weighted by Crippen LogP contribution is -2.30. The average molecular weight is 285 g/mol. The van der Waals surface area contributed by atoms with E-state index in [0.29, 0.717) is 5.92 Å². The molecule has 0 aromatic carbocycles. The first-order valence-electron chi connectivity index (χ1n) is 8.46. The SMILES string of the molecule is CC(CCCC(C)(C)O)CCNCCC1(O)CCCC1. The predicted molar refractivity (Wildman–Crippen MR) is 84.8 cm³/mol. The van der Waals surface area contributed by atoms with Gasteiger partial charge in [-0.3, -0.25) is 0 Å². The second-order valence-electron chi connectivity index (χ2n) is 7.53. The summed E-state index contributed by atoms with van der Waals surface area (Å²) in [6, 6.07) is 0. The molecule has 1 aliphatic rings. The van der Waals surface area contributed by atoms with Crippen molar-refractivity contribution >= 4 is 0 Å². The third-order valence-corrected chi connectivity index (χ3v) is 4.60. The van der Waals surface area contributed by atoms with Gasteiger partial charge in [-0.1, -0.05) is 32.6 Å². The molecule has 0 spiro atoms. The van der Waals surface area contributed by atoms with Crippen molar-refractivity contribution in [2.45, 2.75) is 89.8 Å². The van der Waals surface area contributed by atoms with Crippen LogP contribution in [0.1, 0.15) is 78.6 Å². The van der Waals surface area contributed by atoms with Crippen molar-refractivity contribution in [1.29, 1.82) is 0 Å². The van der Waals surface area contributed by atoms with E-state index >= 15 is 0 Å². The number of hydrogen-bond acceptors (Lipinski definition) is 3. The maximum atomic E-state index is 10.2. The molecule has 1 saturated carbocycles. The summed E-state index contributed by atoms with van der Waals surface area (Å²) in [6.07, 6.45) is 9.62. The largest absolute Gasteiger partial charge is 0.390 e. The van der Waals surface area contributed by atoms with Crippen molar-refractivity contribution in [1.82, 2.24) is 5.32 Å². The molecule has 1 aliphatic carbocycles. The Kier molecular flexibility index (Phi) is 7.49. The average Bonchev–Trinajstić information content (AvgIpc) is 2.74. The summed E-state index contributed by atoms with van der Waals surface area (Å²) in [5.74, 6) is 0.708. The second-order valence-corrected chi connectivity index (χ2v) is 7.53. The fraction of sp³-hybridized carbons (Fsp3) is 1.00. The van der Waals surface area contributed by atoms with Gasteiger partial charge >= 0.3 is 0 Å². The quantitative estimate of drug-likeness (QED) is 0.540. The lowest BCUT2D eigenvalue weighted by molar-refractivity contribution is 0.0391. The Balaban J connectivity index is 1.95. The zero-order valence-corrected chi connectivity index (χ0v) is 13.7. The highest BCUT2D eigenvalue weighted by molar-refractivity contribution is 4.84. The molecule has 0 aliphatic heterocycles. The van der Waals surface area contributed by atoms with Gasteiger partial charge in [0.2, 0.25) is 0 Å². The molecule has 3 N–H and O–H groups in total. The van der Waals surface area contributed by atoms with Crippen LogP contribution in [0, 0.1) is 5.92 Å². The molecule has 1 unspecified atom stereocenters. The molecule has 1 fully saturated rings. The Hall–Kier alpha value is -0.120. The molecule has 0 aromatic rings. The summed E-state index contributed by atoms with van der Waals surface area (Å²) in [7, 11) is 0. The minimum Gasteiger partial charge on any atom is -0.390 e. The van der Waals surface area contributed by atoms with Gasteiger partial charge in [0.05, 0.1) is 11.2 Å². The molecule has 20 heavy (non-hydrogen) atoms. The van der Waals surface area contributed by atoms with Crippen molar-refractivity contribution in [3.63, 3.8) is 0 Å². The Morgan fingerprint density at radius 2 is 1.80 bits per heavy atom. The fourth-order valence-corrected chi connectivity index (χ4v) is 3.11. The second kappa shape index (κ2) is 8.35. The van der Waals surface area contributed by atoms with Crippen LogP contribution in [0.5, 0.6) is 0 Å². The van der Waals surface area contributed by atoms with E-state index in [1.807, 2.05) is 13.8 Å². The van der Waals surface area contributed by atoms with Crippen molar-refractivity contribution in [3.05, 3.63) is 0 Å². The normalized spacial score (nSPS) is 20.2. The van der Waals surface area contributed by atoms with Crippen LogP contribution >= 0.6 is 0 Å². The van der Waals surface area contributed by atoms with E-state index in [0.717, 1.165) is 45.2 Å². The molecular weight excluding hydrogens is 250 g/mol. The smallest absolute Gasteiger partial charge is 0.0659 e. The summed E-state index contributed by atoms with van der Waals surface area (Å²) in [6.45, 7) is 8.03. The van der Waals surface area contributed by atoms with E-state index in [-0.39, 0.29) is 5.60 Å². The molecule has 120 valence electrons. The molecule has 0 radical (unpaired) electrons. The lowest BCUT2D eigenvalue weighted by Gasteiger charge is -2.22. The van der Waals surface area contributed by atoms with E-state index < -0.39 is 5.60 Å². The lowest BCUT2D eigenvalue weighted by atomic mass is 9.95. The van der Waals surface area contributed by atoms with E-state index in [1.54, 1.807) is 0 Å². The summed E-state index contributed by atoms with van der Waals surface area (Å²) < 4.78 is 0. The van der Waals surface area contributed by atoms with Gasteiger partial charge in [0, 0.05) is 0 Å². The van der Waals surface area contributed by atoms with Gasteiger partial charge in [0.25, 0.3) is 0 Å². The first-order chi connectivity index (χ1) is 9.31. The molecule has 3 nitrogen and oxygen atoms in total. The number of hydrogen-bond donors (Lipinski definition) is 3. The Labute approximate surface area is 125 Å². The number of aliphatic hydroxyl groups is 2. The van der Waals surface area contributed by atoms with Gasteiger partial charge in [-0.2, -0.15) is 0 Å². The van der Waals surface area contributed by atoms with Crippen LogP contribution in [-0.2, 0) is 0 Å².